The number of hydrogen-bond acceptors (Lipinski definition) is 2. The third kappa shape index (κ3) is 4.19. The summed E-state index contributed by atoms with van der Waals surface area (Å²) in [5, 5.41) is 12.2. The van der Waals surface area contributed by atoms with Crippen LogP contribution in [0.2, 0.25) is 0 Å². The van der Waals surface area contributed by atoms with E-state index in [0.717, 1.165) is 5.56 Å². The minimum absolute atomic E-state index is 0.00863. The monoisotopic (exact) mass is 233 g/mol. The van der Waals surface area contributed by atoms with Crippen molar-refractivity contribution < 1.29 is 9.90 Å². The number of amides is 1. The van der Waals surface area contributed by atoms with E-state index in [1.165, 1.54) is 12.8 Å². The SMILES string of the molecule is O=C(CC1CC1)N[C@@H](CO)Cc1ccccc1. The molecule has 2 N–H and O–H groups in total. The van der Waals surface area contributed by atoms with Gasteiger partial charge in [-0.25, -0.2) is 0 Å². The normalized spacial score (nSPS) is 16.5. The summed E-state index contributed by atoms with van der Waals surface area (Å²) in [6.07, 6.45) is 3.66. The summed E-state index contributed by atoms with van der Waals surface area (Å²) in [6.45, 7) is -0.00863. The topological polar surface area (TPSA) is 49.3 Å². The molecule has 2 rings (SSSR count). The van der Waals surface area contributed by atoms with Gasteiger partial charge in [-0.3, -0.25) is 4.79 Å². The molecule has 1 aromatic carbocycles. The van der Waals surface area contributed by atoms with Crippen LogP contribution >= 0.6 is 0 Å². The zero-order chi connectivity index (χ0) is 12.1. The zero-order valence-electron chi connectivity index (χ0n) is 9.93. The molecule has 0 spiro atoms. The first-order valence-corrected chi connectivity index (χ1v) is 6.22. The maximum atomic E-state index is 11.6. The molecule has 0 aliphatic heterocycles. The summed E-state index contributed by atoms with van der Waals surface area (Å²) in [7, 11) is 0. The van der Waals surface area contributed by atoms with Gasteiger partial charge in [-0.2, -0.15) is 0 Å². The average Bonchev–Trinajstić information content (AvgIpc) is 3.13. The summed E-state index contributed by atoms with van der Waals surface area (Å²) < 4.78 is 0. The summed E-state index contributed by atoms with van der Waals surface area (Å²) in [5.74, 6) is 0.661. The highest BCUT2D eigenvalue weighted by Gasteiger charge is 2.25. The molecule has 0 radical (unpaired) electrons. The average molecular weight is 233 g/mol. The molecule has 3 heteroatoms. The number of benzene rings is 1. The molecule has 0 aromatic heterocycles. The van der Waals surface area contributed by atoms with Crippen LogP contribution in [0, 0.1) is 5.92 Å². The standard InChI is InChI=1S/C14H19NO2/c16-10-13(8-11-4-2-1-3-5-11)15-14(17)9-12-6-7-12/h1-5,12-13,16H,6-10H2,(H,15,17)/t13-/m1/s1. The second kappa shape index (κ2) is 5.82. The lowest BCUT2D eigenvalue weighted by Crippen LogP contribution is -2.39. The van der Waals surface area contributed by atoms with E-state index < -0.39 is 0 Å². The molecule has 3 nitrogen and oxygen atoms in total. The van der Waals surface area contributed by atoms with Gasteiger partial charge in [0.25, 0.3) is 0 Å². The Morgan fingerprint density at radius 1 is 1.35 bits per heavy atom. The molecule has 0 unspecified atom stereocenters. The molecule has 0 saturated heterocycles. The van der Waals surface area contributed by atoms with Crippen LogP contribution in [-0.4, -0.2) is 23.7 Å². The molecule has 1 aliphatic carbocycles. The summed E-state index contributed by atoms with van der Waals surface area (Å²) >= 11 is 0. The van der Waals surface area contributed by atoms with Gasteiger partial charge < -0.3 is 10.4 Å². The molecule has 1 aliphatic rings. The van der Waals surface area contributed by atoms with E-state index in [-0.39, 0.29) is 18.6 Å². The van der Waals surface area contributed by atoms with Gasteiger partial charge in [-0.1, -0.05) is 30.3 Å². The Morgan fingerprint density at radius 2 is 2.06 bits per heavy atom. The molecular formula is C14H19NO2. The minimum Gasteiger partial charge on any atom is -0.394 e. The predicted octanol–water partition coefficient (Wildman–Crippen LogP) is 1.51. The fourth-order valence-corrected chi connectivity index (χ4v) is 1.93. The van der Waals surface area contributed by atoms with Crippen molar-refractivity contribution >= 4 is 5.91 Å². The van der Waals surface area contributed by atoms with E-state index in [4.69, 9.17) is 0 Å². The Bertz CT molecular complexity index is 360. The van der Waals surface area contributed by atoms with Crippen molar-refractivity contribution in [3.05, 3.63) is 35.9 Å². The van der Waals surface area contributed by atoms with Crippen molar-refractivity contribution in [3.63, 3.8) is 0 Å². The van der Waals surface area contributed by atoms with Crippen molar-refractivity contribution in [3.8, 4) is 0 Å². The number of aliphatic hydroxyl groups is 1. The maximum Gasteiger partial charge on any atom is 0.220 e. The van der Waals surface area contributed by atoms with Gasteiger partial charge in [0, 0.05) is 6.42 Å². The van der Waals surface area contributed by atoms with Crippen LogP contribution in [0.25, 0.3) is 0 Å². The molecular weight excluding hydrogens is 214 g/mol. The number of carbonyl (C=O) groups is 1. The highest BCUT2D eigenvalue weighted by atomic mass is 16.3. The smallest absolute Gasteiger partial charge is 0.220 e. The van der Waals surface area contributed by atoms with Crippen LogP contribution in [0.1, 0.15) is 24.8 Å². The summed E-state index contributed by atoms with van der Waals surface area (Å²) in [4.78, 5) is 11.6. The summed E-state index contributed by atoms with van der Waals surface area (Å²) in [6, 6.07) is 9.75. The van der Waals surface area contributed by atoms with E-state index in [1.54, 1.807) is 0 Å². The van der Waals surface area contributed by atoms with Gasteiger partial charge >= 0.3 is 0 Å². The van der Waals surface area contributed by atoms with E-state index >= 15 is 0 Å². The van der Waals surface area contributed by atoms with E-state index in [0.29, 0.717) is 18.8 Å². The molecule has 17 heavy (non-hydrogen) atoms. The molecule has 0 bridgehead atoms. The Hall–Kier alpha value is -1.35. The van der Waals surface area contributed by atoms with Crippen LogP contribution in [0.4, 0.5) is 0 Å². The Morgan fingerprint density at radius 3 is 2.65 bits per heavy atom. The zero-order valence-corrected chi connectivity index (χ0v) is 9.93. The number of carbonyl (C=O) groups excluding carboxylic acids is 1. The number of hydrogen-bond donors (Lipinski definition) is 2. The van der Waals surface area contributed by atoms with E-state index in [9.17, 15) is 9.90 Å². The van der Waals surface area contributed by atoms with Gasteiger partial charge in [-0.15, -0.1) is 0 Å². The Kier molecular flexibility index (Phi) is 4.15. The van der Waals surface area contributed by atoms with Crippen molar-refractivity contribution in [1.29, 1.82) is 0 Å². The third-order valence-corrected chi connectivity index (χ3v) is 3.08. The predicted molar refractivity (Wildman–Crippen MR) is 66.5 cm³/mol. The largest absolute Gasteiger partial charge is 0.394 e. The fraction of sp³-hybridized carbons (Fsp3) is 0.500. The Balaban J connectivity index is 1.81. The third-order valence-electron chi connectivity index (χ3n) is 3.08. The highest BCUT2D eigenvalue weighted by Crippen LogP contribution is 2.32. The number of rotatable bonds is 6. The highest BCUT2D eigenvalue weighted by molar-refractivity contribution is 5.76. The van der Waals surface area contributed by atoms with Crippen LogP contribution in [-0.2, 0) is 11.2 Å². The van der Waals surface area contributed by atoms with Gasteiger partial charge in [-0.05, 0) is 30.7 Å². The van der Waals surface area contributed by atoms with Crippen LogP contribution in [0.15, 0.2) is 30.3 Å². The number of nitrogens with one attached hydrogen (secondary N) is 1. The van der Waals surface area contributed by atoms with Gasteiger partial charge in [0.1, 0.15) is 0 Å². The van der Waals surface area contributed by atoms with E-state index in [1.807, 2.05) is 30.3 Å². The van der Waals surface area contributed by atoms with Crippen LogP contribution < -0.4 is 5.32 Å². The number of aliphatic hydroxyl groups excluding tert-OH is 1. The minimum atomic E-state index is -0.163. The second-order valence-corrected chi connectivity index (χ2v) is 4.78. The quantitative estimate of drug-likeness (QED) is 0.782. The molecule has 1 amide bonds. The van der Waals surface area contributed by atoms with Gasteiger partial charge in [0.2, 0.25) is 5.91 Å². The van der Waals surface area contributed by atoms with Gasteiger partial charge in [0.05, 0.1) is 12.6 Å². The van der Waals surface area contributed by atoms with Crippen molar-refractivity contribution in [2.75, 3.05) is 6.61 Å². The fourth-order valence-electron chi connectivity index (χ4n) is 1.93. The summed E-state index contributed by atoms with van der Waals surface area (Å²) in [5.41, 5.74) is 1.14. The second-order valence-electron chi connectivity index (χ2n) is 4.78. The van der Waals surface area contributed by atoms with Crippen molar-refractivity contribution in [1.82, 2.24) is 5.32 Å². The molecule has 0 heterocycles. The first-order chi connectivity index (χ1) is 8.28. The lowest BCUT2D eigenvalue weighted by atomic mass is 10.1. The molecule has 92 valence electrons. The lowest BCUT2D eigenvalue weighted by Gasteiger charge is -2.16. The lowest BCUT2D eigenvalue weighted by molar-refractivity contribution is -0.122. The van der Waals surface area contributed by atoms with Crippen LogP contribution in [0.3, 0.4) is 0 Å². The Labute approximate surface area is 102 Å². The van der Waals surface area contributed by atoms with Crippen molar-refractivity contribution in [2.45, 2.75) is 31.7 Å². The van der Waals surface area contributed by atoms with E-state index in [2.05, 4.69) is 5.32 Å². The molecule has 1 aromatic rings. The maximum absolute atomic E-state index is 11.6. The van der Waals surface area contributed by atoms with Crippen LogP contribution in [0.5, 0.6) is 0 Å². The van der Waals surface area contributed by atoms with Gasteiger partial charge in [0.15, 0.2) is 0 Å². The first kappa shape index (κ1) is 12.1. The molecule has 1 fully saturated rings. The molecule has 1 saturated carbocycles. The first-order valence-electron chi connectivity index (χ1n) is 6.22. The molecule has 1 atom stereocenters. The van der Waals surface area contributed by atoms with Crippen molar-refractivity contribution in [2.24, 2.45) is 5.92 Å².